The highest BCUT2D eigenvalue weighted by Crippen LogP contribution is 2.39. The molecule has 1 heterocycles. The number of alkyl halides is 5. The van der Waals surface area contributed by atoms with Gasteiger partial charge in [-0.05, 0) is 43.0 Å². The van der Waals surface area contributed by atoms with Crippen molar-refractivity contribution in [3.8, 4) is 0 Å². The molecule has 1 fully saturated rings. The van der Waals surface area contributed by atoms with Crippen LogP contribution in [0.3, 0.4) is 0 Å². The first-order chi connectivity index (χ1) is 14.3. The summed E-state index contributed by atoms with van der Waals surface area (Å²) < 4.78 is 80.4. The van der Waals surface area contributed by atoms with Crippen LogP contribution >= 0.6 is 11.6 Å². The van der Waals surface area contributed by atoms with Gasteiger partial charge in [0.1, 0.15) is 11.3 Å². The van der Waals surface area contributed by atoms with Gasteiger partial charge in [0.05, 0.1) is 11.6 Å². The van der Waals surface area contributed by atoms with Gasteiger partial charge in [-0.2, -0.15) is 22.7 Å². The van der Waals surface area contributed by atoms with Crippen molar-refractivity contribution in [2.75, 3.05) is 0 Å². The van der Waals surface area contributed by atoms with E-state index in [9.17, 15) is 31.1 Å². The molecule has 31 heavy (non-hydrogen) atoms. The van der Waals surface area contributed by atoms with Crippen LogP contribution in [0.1, 0.15) is 53.4 Å². The van der Waals surface area contributed by atoms with E-state index < -0.39 is 47.3 Å². The zero-order chi connectivity index (χ0) is 23.2. The Bertz CT molecular complexity index is 1030. The molecule has 4 nitrogen and oxygen atoms in total. The number of amides is 1. The third-order valence-corrected chi connectivity index (χ3v) is 5.48. The van der Waals surface area contributed by atoms with E-state index in [2.05, 4.69) is 11.7 Å². The highest BCUT2D eigenvalue weighted by Gasteiger charge is 2.41. The molecule has 1 amide bonds. The Hall–Kier alpha value is -2.49. The van der Waals surface area contributed by atoms with E-state index in [1.165, 1.54) is 11.8 Å². The molecule has 1 aliphatic rings. The number of rotatable bonds is 6. The lowest BCUT2D eigenvalue weighted by molar-refractivity contribution is -0.137. The summed E-state index contributed by atoms with van der Waals surface area (Å²) in [6.45, 7) is 5.38. The summed E-state index contributed by atoms with van der Waals surface area (Å²) in [6, 6.07) is 1.51. The number of carbonyl (C=O) groups is 1. The molecule has 168 valence electrons. The smallest absolute Gasteiger partial charge is 0.329 e. The highest BCUT2D eigenvalue weighted by molar-refractivity contribution is 6.32. The van der Waals surface area contributed by atoms with Gasteiger partial charge < -0.3 is 4.90 Å². The van der Waals surface area contributed by atoms with E-state index in [4.69, 9.17) is 11.6 Å². The summed E-state index contributed by atoms with van der Waals surface area (Å²) in [6.07, 6.45) is -6.63. The van der Waals surface area contributed by atoms with Gasteiger partial charge in [0, 0.05) is 18.1 Å². The Balaban J connectivity index is 1.96. The maximum atomic E-state index is 14.5. The van der Waals surface area contributed by atoms with Crippen molar-refractivity contribution in [2.24, 2.45) is 7.05 Å². The van der Waals surface area contributed by atoms with Gasteiger partial charge >= 0.3 is 6.18 Å². The van der Waals surface area contributed by atoms with Crippen LogP contribution < -0.4 is 0 Å². The third-order valence-electron chi connectivity index (χ3n) is 5.16. The van der Waals surface area contributed by atoms with Gasteiger partial charge in [0.25, 0.3) is 12.3 Å². The molecule has 11 heteroatoms. The molecule has 0 N–H and O–H groups in total. The number of hydrogen-bond donors (Lipinski definition) is 0. The van der Waals surface area contributed by atoms with Gasteiger partial charge in [0.2, 0.25) is 5.95 Å². The summed E-state index contributed by atoms with van der Waals surface area (Å²) in [5, 5.41) is 3.17. The lowest BCUT2D eigenvalue weighted by Gasteiger charge is -2.31. The Kier molecular flexibility index (Phi) is 6.14. The molecular formula is C20H18ClF6N3O. The van der Waals surface area contributed by atoms with Crippen LogP contribution in [-0.4, -0.2) is 32.7 Å². The largest absolute Gasteiger partial charge is 0.416 e. The SMILES string of the molecule is C=C(c1ccc(C(F)(F)F)cc1Cl)C(C)N(C(=O)c1c(C(F)F)nn(C)c1F)C1CC1. The molecule has 1 saturated carbocycles. The van der Waals surface area contributed by atoms with E-state index in [1.807, 2.05) is 0 Å². The zero-order valence-corrected chi connectivity index (χ0v) is 17.2. The molecule has 3 rings (SSSR count). The molecule has 1 unspecified atom stereocenters. The first-order valence-corrected chi connectivity index (χ1v) is 9.61. The monoisotopic (exact) mass is 465 g/mol. The van der Waals surface area contributed by atoms with Crippen molar-refractivity contribution in [1.29, 1.82) is 0 Å². The number of carbonyl (C=O) groups excluding carboxylic acids is 1. The minimum atomic E-state index is -4.59. The maximum Gasteiger partial charge on any atom is 0.416 e. The summed E-state index contributed by atoms with van der Waals surface area (Å²) in [5.74, 6) is -2.18. The molecule has 0 bridgehead atoms. The van der Waals surface area contributed by atoms with Crippen molar-refractivity contribution in [3.63, 3.8) is 0 Å². The van der Waals surface area contributed by atoms with Crippen molar-refractivity contribution in [1.82, 2.24) is 14.7 Å². The first-order valence-electron chi connectivity index (χ1n) is 9.23. The van der Waals surface area contributed by atoms with E-state index in [1.54, 1.807) is 0 Å². The second-order valence-corrected chi connectivity index (χ2v) is 7.72. The summed E-state index contributed by atoms with van der Waals surface area (Å²) in [5.41, 5.74) is -2.39. The average Bonchev–Trinajstić information content (AvgIpc) is 3.45. The number of aryl methyl sites for hydroxylation is 1. The molecule has 1 atom stereocenters. The van der Waals surface area contributed by atoms with Crippen LogP contribution in [0.25, 0.3) is 5.57 Å². The zero-order valence-electron chi connectivity index (χ0n) is 16.5. The van der Waals surface area contributed by atoms with Crippen molar-refractivity contribution >= 4 is 23.1 Å². The fraction of sp³-hybridized carbons (Fsp3) is 0.400. The number of benzene rings is 1. The van der Waals surface area contributed by atoms with Gasteiger partial charge in [-0.25, -0.2) is 13.5 Å². The predicted molar refractivity (Wildman–Crippen MR) is 102 cm³/mol. The van der Waals surface area contributed by atoms with Crippen LogP contribution in [0.2, 0.25) is 5.02 Å². The molecule has 2 aromatic rings. The van der Waals surface area contributed by atoms with Crippen LogP contribution in [0.15, 0.2) is 24.8 Å². The molecule has 0 radical (unpaired) electrons. The second-order valence-electron chi connectivity index (χ2n) is 7.31. The Labute approximate surface area is 179 Å². The summed E-state index contributed by atoms with van der Waals surface area (Å²) >= 11 is 6.03. The van der Waals surface area contributed by atoms with Crippen molar-refractivity contribution in [2.45, 2.75) is 44.5 Å². The predicted octanol–water partition coefficient (Wildman–Crippen LogP) is 5.88. The number of hydrogen-bond acceptors (Lipinski definition) is 2. The van der Waals surface area contributed by atoms with Gasteiger partial charge in [-0.3, -0.25) is 4.79 Å². The van der Waals surface area contributed by atoms with Crippen LogP contribution in [0.4, 0.5) is 26.3 Å². The van der Waals surface area contributed by atoms with E-state index in [0.717, 1.165) is 25.2 Å². The van der Waals surface area contributed by atoms with Crippen LogP contribution in [0.5, 0.6) is 0 Å². The first kappa shape index (κ1) is 23.2. The normalized spacial score (nSPS) is 15.3. The summed E-state index contributed by atoms with van der Waals surface area (Å²) in [4.78, 5) is 14.3. The molecular weight excluding hydrogens is 448 g/mol. The lowest BCUT2D eigenvalue weighted by Crippen LogP contribution is -2.41. The lowest BCUT2D eigenvalue weighted by atomic mass is 9.97. The third kappa shape index (κ3) is 4.44. The molecule has 0 aliphatic heterocycles. The maximum absolute atomic E-state index is 14.5. The molecule has 0 spiro atoms. The summed E-state index contributed by atoms with van der Waals surface area (Å²) in [7, 11) is 1.10. The Morgan fingerprint density at radius 2 is 1.94 bits per heavy atom. The molecule has 0 saturated heterocycles. The van der Waals surface area contributed by atoms with E-state index in [-0.39, 0.29) is 22.2 Å². The van der Waals surface area contributed by atoms with Crippen molar-refractivity contribution in [3.05, 3.63) is 58.1 Å². The topological polar surface area (TPSA) is 38.1 Å². The van der Waals surface area contributed by atoms with Gasteiger partial charge in [-0.1, -0.05) is 24.2 Å². The van der Waals surface area contributed by atoms with E-state index >= 15 is 0 Å². The number of halogens is 7. The molecule has 1 aromatic carbocycles. The second kappa shape index (κ2) is 8.22. The van der Waals surface area contributed by atoms with Gasteiger partial charge in [-0.15, -0.1) is 0 Å². The van der Waals surface area contributed by atoms with Crippen molar-refractivity contribution < 1.29 is 31.1 Å². The Morgan fingerprint density at radius 1 is 1.32 bits per heavy atom. The van der Waals surface area contributed by atoms with E-state index in [0.29, 0.717) is 17.5 Å². The minimum absolute atomic E-state index is 0.168. The molecule has 1 aliphatic carbocycles. The highest BCUT2D eigenvalue weighted by atomic mass is 35.5. The van der Waals surface area contributed by atoms with Crippen LogP contribution in [0, 0.1) is 5.95 Å². The van der Waals surface area contributed by atoms with Crippen LogP contribution in [-0.2, 0) is 13.2 Å². The average molecular weight is 466 g/mol. The fourth-order valence-corrected chi connectivity index (χ4v) is 3.66. The minimum Gasteiger partial charge on any atom is -0.329 e. The Morgan fingerprint density at radius 3 is 2.42 bits per heavy atom. The molecule has 1 aromatic heterocycles. The fourth-order valence-electron chi connectivity index (χ4n) is 3.36. The standard InChI is InChI=1S/C20H18ClF6N3O/c1-9(13-7-4-11(8-14(13)21)20(25,26)27)10(2)30(12-5-6-12)19(31)15-16(17(22)23)28-29(3)18(15)24/h4,7-8,10,12,17H,1,5-6H2,2-3H3. The number of nitrogens with zero attached hydrogens (tertiary/aromatic N) is 3. The quantitative estimate of drug-likeness (QED) is 0.500. The van der Waals surface area contributed by atoms with Gasteiger partial charge in [0.15, 0.2) is 0 Å². The number of aromatic nitrogens is 2.